The summed E-state index contributed by atoms with van der Waals surface area (Å²) in [6.07, 6.45) is 0.490. The molecule has 1 saturated heterocycles. The molecular formula is C22H24N2O4. The quantitative estimate of drug-likeness (QED) is 0.782. The number of rotatable bonds is 6. The summed E-state index contributed by atoms with van der Waals surface area (Å²) >= 11 is 0. The Morgan fingerprint density at radius 1 is 1.11 bits per heavy atom. The molecule has 0 spiro atoms. The van der Waals surface area contributed by atoms with Crippen molar-refractivity contribution >= 4 is 17.8 Å². The van der Waals surface area contributed by atoms with Crippen LogP contribution in [0.15, 0.2) is 48.5 Å². The third-order valence-electron chi connectivity index (χ3n) is 4.99. The molecule has 0 aliphatic carbocycles. The Hall–Kier alpha value is -3.15. The number of nitrogens with zero attached hydrogens (tertiary/aromatic N) is 1. The van der Waals surface area contributed by atoms with Crippen molar-refractivity contribution in [3.63, 3.8) is 0 Å². The van der Waals surface area contributed by atoms with E-state index in [-0.39, 0.29) is 23.7 Å². The zero-order chi connectivity index (χ0) is 20.1. The van der Waals surface area contributed by atoms with Gasteiger partial charge in [0.15, 0.2) is 0 Å². The fraction of sp³-hybridized carbons (Fsp3) is 0.318. The average Bonchev–Trinajstić information content (AvgIpc) is 3.11. The predicted octanol–water partition coefficient (Wildman–Crippen LogP) is 2.74. The van der Waals surface area contributed by atoms with Crippen molar-refractivity contribution in [2.75, 3.05) is 26.7 Å². The average molecular weight is 380 g/mol. The maximum absolute atomic E-state index is 12.4. The Kier molecular flexibility index (Phi) is 6.09. The highest BCUT2D eigenvalue weighted by molar-refractivity contribution is 5.95. The highest BCUT2D eigenvalue weighted by Crippen LogP contribution is 2.22. The van der Waals surface area contributed by atoms with E-state index in [1.165, 1.54) is 7.11 Å². The summed E-state index contributed by atoms with van der Waals surface area (Å²) in [5.41, 5.74) is 2.82. The SMILES string of the molecule is CCN1CC(CNC(=O)c2ccc(-c3cccc(C(=O)OC)c3)cc2)CC1=O. The lowest BCUT2D eigenvalue weighted by Gasteiger charge is -2.14. The third-order valence-corrected chi connectivity index (χ3v) is 4.99. The number of hydrogen-bond acceptors (Lipinski definition) is 4. The number of amides is 2. The van der Waals surface area contributed by atoms with E-state index in [0.29, 0.717) is 37.2 Å². The highest BCUT2D eigenvalue weighted by Gasteiger charge is 2.28. The maximum Gasteiger partial charge on any atom is 0.337 e. The van der Waals surface area contributed by atoms with Gasteiger partial charge in [0.05, 0.1) is 12.7 Å². The number of likely N-dealkylation sites (tertiary alicyclic amines) is 1. The van der Waals surface area contributed by atoms with Gasteiger partial charge in [-0.1, -0.05) is 24.3 Å². The predicted molar refractivity (Wildman–Crippen MR) is 106 cm³/mol. The van der Waals surface area contributed by atoms with Gasteiger partial charge in [-0.15, -0.1) is 0 Å². The molecule has 2 amide bonds. The summed E-state index contributed by atoms with van der Waals surface area (Å²) in [4.78, 5) is 37.7. The largest absolute Gasteiger partial charge is 0.465 e. The molecule has 3 rings (SSSR count). The van der Waals surface area contributed by atoms with E-state index < -0.39 is 0 Å². The Labute approximate surface area is 164 Å². The molecule has 1 fully saturated rings. The minimum atomic E-state index is -0.384. The number of ether oxygens (including phenoxy) is 1. The minimum Gasteiger partial charge on any atom is -0.465 e. The summed E-state index contributed by atoms with van der Waals surface area (Å²) in [5, 5.41) is 2.92. The zero-order valence-electron chi connectivity index (χ0n) is 16.1. The van der Waals surface area contributed by atoms with Gasteiger partial charge >= 0.3 is 5.97 Å². The topological polar surface area (TPSA) is 75.7 Å². The van der Waals surface area contributed by atoms with E-state index in [1.807, 2.05) is 30.0 Å². The minimum absolute atomic E-state index is 0.153. The van der Waals surface area contributed by atoms with Crippen LogP contribution < -0.4 is 5.32 Å². The van der Waals surface area contributed by atoms with Crippen LogP contribution in [0.4, 0.5) is 0 Å². The van der Waals surface area contributed by atoms with Crippen molar-refractivity contribution in [3.8, 4) is 11.1 Å². The number of benzene rings is 2. The Bertz CT molecular complexity index is 876. The molecule has 6 heteroatoms. The standard InChI is InChI=1S/C22H24N2O4/c1-3-24-14-15(11-20(24)25)13-23-21(26)17-9-7-16(8-10-17)18-5-4-6-19(12-18)22(27)28-2/h4-10,12,15H,3,11,13-14H2,1-2H3,(H,23,26). The van der Waals surface area contributed by atoms with Crippen LogP contribution in [0.1, 0.15) is 34.1 Å². The molecule has 2 aromatic rings. The van der Waals surface area contributed by atoms with Crippen LogP contribution in [0.5, 0.6) is 0 Å². The highest BCUT2D eigenvalue weighted by atomic mass is 16.5. The molecule has 6 nitrogen and oxygen atoms in total. The number of hydrogen-bond donors (Lipinski definition) is 1. The fourth-order valence-corrected chi connectivity index (χ4v) is 3.39. The second-order valence-electron chi connectivity index (χ2n) is 6.86. The second-order valence-corrected chi connectivity index (χ2v) is 6.86. The fourth-order valence-electron chi connectivity index (χ4n) is 3.39. The van der Waals surface area contributed by atoms with Crippen LogP contribution in [0, 0.1) is 5.92 Å². The van der Waals surface area contributed by atoms with Gasteiger partial charge in [0.2, 0.25) is 5.91 Å². The molecule has 28 heavy (non-hydrogen) atoms. The van der Waals surface area contributed by atoms with E-state index in [2.05, 4.69) is 5.32 Å². The van der Waals surface area contributed by atoms with E-state index in [9.17, 15) is 14.4 Å². The normalized spacial score (nSPS) is 16.1. The summed E-state index contributed by atoms with van der Waals surface area (Å²) in [6, 6.07) is 14.4. The van der Waals surface area contributed by atoms with Gasteiger partial charge < -0.3 is 15.0 Å². The summed E-state index contributed by atoms with van der Waals surface area (Å²) in [7, 11) is 1.35. The lowest BCUT2D eigenvalue weighted by atomic mass is 10.0. The van der Waals surface area contributed by atoms with Gasteiger partial charge in [-0.2, -0.15) is 0 Å². The van der Waals surface area contributed by atoms with Crippen LogP contribution in [-0.4, -0.2) is 49.4 Å². The molecule has 146 valence electrons. The second kappa shape index (κ2) is 8.69. The molecule has 0 radical (unpaired) electrons. The smallest absolute Gasteiger partial charge is 0.337 e. The number of carbonyl (C=O) groups is 3. The monoisotopic (exact) mass is 380 g/mol. The van der Waals surface area contributed by atoms with Crippen LogP contribution in [0.25, 0.3) is 11.1 Å². The molecule has 0 bridgehead atoms. The summed E-state index contributed by atoms with van der Waals surface area (Å²) in [6.45, 7) is 3.86. The first-order valence-corrected chi connectivity index (χ1v) is 9.36. The van der Waals surface area contributed by atoms with Gasteiger partial charge in [-0.3, -0.25) is 9.59 Å². The molecule has 1 N–H and O–H groups in total. The van der Waals surface area contributed by atoms with Crippen LogP contribution in [-0.2, 0) is 9.53 Å². The van der Waals surface area contributed by atoms with E-state index in [1.54, 1.807) is 30.3 Å². The molecule has 0 saturated carbocycles. The zero-order valence-corrected chi connectivity index (χ0v) is 16.1. The molecule has 1 heterocycles. The molecule has 1 aliphatic rings. The molecule has 1 aliphatic heterocycles. The molecule has 2 aromatic carbocycles. The van der Waals surface area contributed by atoms with Crippen LogP contribution in [0.2, 0.25) is 0 Å². The van der Waals surface area contributed by atoms with Crippen molar-refractivity contribution in [1.29, 1.82) is 0 Å². The first kappa shape index (κ1) is 19.6. The maximum atomic E-state index is 12.4. The van der Waals surface area contributed by atoms with Crippen molar-refractivity contribution in [1.82, 2.24) is 10.2 Å². The van der Waals surface area contributed by atoms with Gasteiger partial charge in [0.1, 0.15) is 0 Å². The molecular weight excluding hydrogens is 356 g/mol. The van der Waals surface area contributed by atoms with E-state index in [0.717, 1.165) is 11.1 Å². The molecule has 1 atom stereocenters. The van der Waals surface area contributed by atoms with Gasteiger partial charge in [0.25, 0.3) is 5.91 Å². The number of methoxy groups -OCH3 is 1. The molecule has 1 unspecified atom stereocenters. The van der Waals surface area contributed by atoms with Gasteiger partial charge in [-0.05, 0) is 42.3 Å². The van der Waals surface area contributed by atoms with Crippen molar-refractivity contribution in [2.24, 2.45) is 5.92 Å². The number of nitrogens with one attached hydrogen (secondary N) is 1. The van der Waals surface area contributed by atoms with Crippen molar-refractivity contribution in [3.05, 3.63) is 59.7 Å². The van der Waals surface area contributed by atoms with E-state index in [4.69, 9.17) is 4.74 Å². The Morgan fingerprint density at radius 2 is 1.86 bits per heavy atom. The number of esters is 1. The Balaban J connectivity index is 1.62. The third kappa shape index (κ3) is 4.39. The van der Waals surface area contributed by atoms with Gasteiger partial charge in [0, 0.05) is 37.5 Å². The van der Waals surface area contributed by atoms with Crippen LogP contribution >= 0.6 is 0 Å². The van der Waals surface area contributed by atoms with Gasteiger partial charge in [-0.25, -0.2) is 4.79 Å². The summed E-state index contributed by atoms with van der Waals surface area (Å²) in [5.74, 6) is -0.223. The first-order chi connectivity index (χ1) is 13.5. The lowest BCUT2D eigenvalue weighted by Crippen LogP contribution is -2.31. The summed E-state index contributed by atoms with van der Waals surface area (Å²) < 4.78 is 4.75. The number of carbonyl (C=O) groups excluding carboxylic acids is 3. The van der Waals surface area contributed by atoms with E-state index >= 15 is 0 Å². The molecule has 0 aromatic heterocycles. The van der Waals surface area contributed by atoms with Crippen molar-refractivity contribution in [2.45, 2.75) is 13.3 Å². The lowest BCUT2D eigenvalue weighted by molar-refractivity contribution is -0.127. The first-order valence-electron chi connectivity index (χ1n) is 9.36. The Morgan fingerprint density at radius 3 is 2.50 bits per heavy atom. The van der Waals surface area contributed by atoms with Crippen molar-refractivity contribution < 1.29 is 19.1 Å². The van der Waals surface area contributed by atoms with Crippen LogP contribution in [0.3, 0.4) is 0 Å².